The summed E-state index contributed by atoms with van der Waals surface area (Å²) in [5.74, 6) is 1.07. The molecule has 1 aromatic carbocycles. The predicted molar refractivity (Wildman–Crippen MR) is 83.6 cm³/mol. The number of nitrogens with zero attached hydrogens (tertiary/aromatic N) is 1. The van der Waals surface area contributed by atoms with Crippen LogP contribution in [0.2, 0.25) is 5.15 Å². The van der Waals surface area contributed by atoms with Gasteiger partial charge in [-0.3, -0.25) is 0 Å². The van der Waals surface area contributed by atoms with Crippen LogP contribution in [-0.2, 0) is 5.41 Å². The fraction of sp³-hybridized carbons (Fsp3) is 0.312. The molecule has 0 aliphatic carbocycles. The normalized spacial score (nSPS) is 11.4. The molecule has 0 fully saturated rings. The van der Waals surface area contributed by atoms with E-state index in [1.807, 2.05) is 13.0 Å². The van der Waals surface area contributed by atoms with Crippen LogP contribution in [0.1, 0.15) is 31.9 Å². The lowest BCUT2D eigenvalue weighted by atomic mass is 9.86. The van der Waals surface area contributed by atoms with E-state index in [1.54, 1.807) is 12.1 Å². The molecular weight excluding hydrogens is 272 g/mol. The van der Waals surface area contributed by atoms with Crippen molar-refractivity contribution in [2.24, 2.45) is 0 Å². The zero-order valence-corrected chi connectivity index (χ0v) is 13.0. The fourth-order valence-electron chi connectivity index (χ4n) is 1.84. The highest BCUT2D eigenvalue weighted by molar-refractivity contribution is 6.29. The van der Waals surface area contributed by atoms with Crippen LogP contribution in [0, 0.1) is 6.92 Å². The summed E-state index contributed by atoms with van der Waals surface area (Å²) in [7, 11) is 0. The number of anilines is 1. The monoisotopic (exact) mass is 290 g/mol. The summed E-state index contributed by atoms with van der Waals surface area (Å²) in [4.78, 5) is 4.10. The predicted octanol–water partition coefficient (Wildman–Crippen LogP) is 4.72. The van der Waals surface area contributed by atoms with E-state index in [4.69, 9.17) is 22.1 Å². The van der Waals surface area contributed by atoms with Gasteiger partial charge in [0.15, 0.2) is 0 Å². The smallest absolute Gasteiger partial charge is 0.244 e. The highest BCUT2D eigenvalue weighted by atomic mass is 35.5. The number of ether oxygens (including phenoxy) is 1. The molecule has 3 nitrogen and oxygen atoms in total. The molecule has 0 radical (unpaired) electrons. The van der Waals surface area contributed by atoms with Crippen molar-refractivity contribution in [3.05, 3.63) is 46.6 Å². The van der Waals surface area contributed by atoms with Crippen LogP contribution in [-0.4, -0.2) is 4.98 Å². The molecule has 106 valence electrons. The highest BCUT2D eigenvalue weighted by Gasteiger charge is 2.15. The van der Waals surface area contributed by atoms with Gasteiger partial charge in [-0.2, -0.15) is 4.98 Å². The molecule has 2 rings (SSSR count). The largest absolute Gasteiger partial charge is 0.437 e. The number of benzene rings is 1. The zero-order chi connectivity index (χ0) is 14.9. The molecule has 0 spiro atoms. The van der Waals surface area contributed by atoms with E-state index in [0.29, 0.717) is 16.7 Å². The summed E-state index contributed by atoms with van der Waals surface area (Å²) >= 11 is 5.86. The van der Waals surface area contributed by atoms with E-state index in [-0.39, 0.29) is 5.41 Å². The van der Waals surface area contributed by atoms with Gasteiger partial charge in [0.05, 0.1) is 5.69 Å². The van der Waals surface area contributed by atoms with Crippen LogP contribution in [0.5, 0.6) is 11.6 Å². The van der Waals surface area contributed by atoms with E-state index in [2.05, 4.69) is 37.9 Å². The number of aryl methyl sites for hydroxylation is 1. The van der Waals surface area contributed by atoms with Gasteiger partial charge in [-0.1, -0.05) is 44.5 Å². The maximum Gasteiger partial charge on any atom is 0.244 e. The van der Waals surface area contributed by atoms with E-state index in [9.17, 15) is 0 Å². The maximum atomic E-state index is 5.86. The lowest BCUT2D eigenvalue weighted by Gasteiger charge is -2.20. The van der Waals surface area contributed by atoms with Gasteiger partial charge in [0.2, 0.25) is 5.88 Å². The minimum absolute atomic E-state index is 0.108. The van der Waals surface area contributed by atoms with E-state index in [1.165, 1.54) is 5.56 Å². The Kier molecular flexibility index (Phi) is 3.91. The molecule has 0 saturated carbocycles. The van der Waals surface area contributed by atoms with Gasteiger partial charge >= 0.3 is 0 Å². The molecule has 1 aromatic heterocycles. The Hall–Kier alpha value is -1.74. The molecule has 0 saturated heterocycles. The van der Waals surface area contributed by atoms with Crippen LogP contribution < -0.4 is 10.5 Å². The van der Waals surface area contributed by atoms with Crippen molar-refractivity contribution in [3.63, 3.8) is 0 Å². The molecule has 0 unspecified atom stereocenters. The van der Waals surface area contributed by atoms with Crippen LogP contribution in [0.4, 0.5) is 5.69 Å². The molecule has 4 heteroatoms. The quantitative estimate of drug-likeness (QED) is 0.814. The molecule has 2 aromatic rings. The Morgan fingerprint density at radius 2 is 1.85 bits per heavy atom. The number of hydrogen-bond donors (Lipinski definition) is 1. The van der Waals surface area contributed by atoms with Crippen molar-refractivity contribution in [3.8, 4) is 11.6 Å². The molecule has 0 bridgehead atoms. The minimum Gasteiger partial charge on any atom is -0.437 e. The van der Waals surface area contributed by atoms with Gasteiger partial charge in [0.1, 0.15) is 10.9 Å². The van der Waals surface area contributed by atoms with Crippen molar-refractivity contribution in [2.75, 3.05) is 5.73 Å². The zero-order valence-electron chi connectivity index (χ0n) is 12.2. The van der Waals surface area contributed by atoms with Crippen molar-refractivity contribution >= 4 is 17.3 Å². The van der Waals surface area contributed by atoms with Gasteiger partial charge in [0.25, 0.3) is 0 Å². The third-order valence-corrected chi connectivity index (χ3v) is 3.31. The van der Waals surface area contributed by atoms with Gasteiger partial charge in [-0.25, -0.2) is 0 Å². The first kappa shape index (κ1) is 14.7. The summed E-state index contributed by atoms with van der Waals surface area (Å²) in [6.45, 7) is 8.54. The van der Waals surface area contributed by atoms with Gasteiger partial charge in [-0.05, 0) is 41.7 Å². The minimum atomic E-state index is 0.108. The first-order valence-electron chi connectivity index (χ1n) is 6.48. The Balaban J connectivity index is 2.33. The van der Waals surface area contributed by atoms with Crippen molar-refractivity contribution in [1.29, 1.82) is 0 Å². The summed E-state index contributed by atoms with van der Waals surface area (Å²) < 4.78 is 5.77. The maximum absolute atomic E-state index is 5.86. The van der Waals surface area contributed by atoms with Crippen LogP contribution in [0.15, 0.2) is 30.3 Å². The highest BCUT2D eigenvalue weighted by Crippen LogP contribution is 2.32. The molecular formula is C16H19ClN2O. The van der Waals surface area contributed by atoms with Crippen molar-refractivity contribution in [1.82, 2.24) is 4.98 Å². The summed E-state index contributed by atoms with van der Waals surface area (Å²) in [6.07, 6.45) is 0. The number of nitrogens with two attached hydrogens (primary N) is 1. The van der Waals surface area contributed by atoms with E-state index < -0.39 is 0 Å². The number of pyridine rings is 1. The second-order valence-corrected chi connectivity index (χ2v) is 6.25. The third kappa shape index (κ3) is 3.23. The standard InChI is InChI=1S/C16H19ClN2O/c1-10-9-11(16(2,3)4)5-7-13(10)20-15-12(18)6-8-14(17)19-15/h5-9H,18H2,1-4H3. The molecule has 0 aliphatic rings. The molecule has 20 heavy (non-hydrogen) atoms. The van der Waals surface area contributed by atoms with Gasteiger partial charge < -0.3 is 10.5 Å². The molecule has 2 N–H and O–H groups in total. The second-order valence-electron chi connectivity index (χ2n) is 5.86. The summed E-state index contributed by atoms with van der Waals surface area (Å²) in [5, 5.41) is 0.359. The number of nitrogen functional groups attached to an aromatic ring is 1. The number of halogens is 1. The van der Waals surface area contributed by atoms with Gasteiger partial charge in [-0.15, -0.1) is 0 Å². The second kappa shape index (κ2) is 5.33. The first-order valence-corrected chi connectivity index (χ1v) is 6.86. The molecule has 1 heterocycles. The molecule has 0 aliphatic heterocycles. The lowest BCUT2D eigenvalue weighted by Crippen LogP contribution is -2.11. The average molecular weight is 291 g/mol. The number of aromatic nitrogens is 1. The Morgan fingerprint density at radius 1 is 1.15 bits per heavy atom. The number of hydrogen-bond acceptors (Lipinski definition) is 3. The topological polar surface area (TPSA) is 48.1 Å². The fourth-order valence-corrected chi connectivity index (χ4v) is 1.98. The Labute approximate surface area is 124 Å². The van der Waals surface area contributed by atoms with E-state index >= 15 is 0 Å². The van der Waals surface area contributed by atoms with Crippen molar-refractivity contribution < 1.29 is 4.74 Å². The van der Waals surface area contributed by atoms with Crippen molar-refractivity contribution in [2.45, 2.75) is 33.1 Å². The van der Waals surface area contributed by atoms with E-state index in [0.717, 1.165) is 11.3 Å². The van der Waals surface area contributed by atoms with Gasteiger partial charge in [0, 0.05) is 0 Å². The van der Waals surface area contributed by atoms with Crippen LogP contribution in [0.3, 0.4) is 0 Å². The third-order valence-electron chi connectivity index (χ3n) is 3.10. The molecule has 0 amide bonds. The number of rotatable bonds is 2. The lowest BCUT2D eigenvalue weighted by molar-refractivity contribution is 0.461. The summed E-state index contributed by atoms with van der Waals surface area (Å²) in [5.41, 5.74) is 8.71. The Bertz CT molecular complexity index is 633. The Morgan fingerprint density at radius 3 is 2.45 bits per heavy atom. The summed E-state index contributed by atoms with van der Waals surface area (Å²) in [6, 6.07) is 9.44. The van der Waals surface area contributed by atoms with Crippen LogP contribution in [0.25, 0.3) is 0 Å². The SMILES string of the molecule is Cc1cc(C(C)(C)C)ccc1Oc1nc(Cl)ccc1N. The average Bonchev–Trinajstić information content (AvgIpc) is 2.35. The first-order chi connectivity index (χ1) is 9.27. The molecule has 0 atom stereocenters. The van der Waals surface area contributed by atoms with Crippen LogP contribution >= 0.6 is 11.6 Å².